The molecule has 0 radical (unpaired) electrons. The van der Waals surface area contributed by atoms with E-state index in [1.54, 1.807) is 0 Å². The van der Waals surface area contributed by atoms with Gasteiger partial charge in [-0.2, -0.15) is 5.06 Å². The number of esters is 2. The van der Waals surface area contributed by atoms with Crippen molar-refractivity contribution in [3.8, 4) is 0 Å². The van der Waals surface area contributed by atoms with Crippen LogP contribution < -0.4 is 0 Å². The van der Waals surface area contributed by atoms with E-state index in [0.717, 1.165) is 0 Å². The summed E-state index contributed by atoms with van der Waals surface area (Å²) in [7, 11) is 0. The van der Waals surface area contributed by atoms with E-state index in [1.807, 2.05) is 0 Å². The zero-order valence-electron chi connectivity index (χ0n) is 12.7. The van der Waals surface area contributed by atoms with E-state index in [4.69, 9.17) is 19.0 Å². The number of nitrogens with zero attached hydrogens (tertiary/aromatic N) is 1. The van der Waals surface area contributed by atoms with Crippen LogP contribution in [0.15, 0.2) is 12.2 Å². The maximum atomic E-state index is 11.5. The molecule has 9 heteroatoms. The summed E-state index contributed by atoms with van der Waals surface area (Å²) in [5.74, 6) is -1.95. The van der Waals surface area contributed by atoms with Gasteiger partial charge in [0.2, 0.25) is 6.29 Å². The van der Waals surface area contributed by atoms with Crippen molar-refractivity contribution in [1.82, 2.24) is 5.06 Å². The van der Waals surface area contributed by atoms with Crippen molar-refractivity contribution in [3.05, 3.63) is 12.2 Å². The van der Waals surface area contributed by atoms with Crippen LogP contribution >= 0.6 is 0 Å². The predicted molar refractivity (Wildman–Crippen MR) is 72.2 cm³/mol. The Bertz CT molecular complexity index is 527. The highest BCUT2D eigenvalue weighted by Crippen LogP contribution is 2.21. The topological polar surface area (TPSA) is 108 Å². The number of amides is 2. The van der Waals surface area contributed by atoms with Gasteiger partial charge in [0, 0.05) is 26.7 Å². The highest BCUT2D eigenvalue weighted by Gasteiger charge is 2.36. The monoisotopic (exact) mass is 327 g/mol. The fourth-order valence-electron chi connectivity index (χ4n) is 2.10. The predicted octanol–water partition coefficient (Wildman–Crippen LogP) is -0.157. The molecular weight excluding hydrogens is 310 g/mol. The summed E-state index contributed by atoms with van der Waals surface area (Å²) in [6.45, 7) is 2.30. The SMILES string of the molecule is CC(=O)OC[C@H]1OC(ON2C(=O)CCC2=O)C=C[C@@H]1OC(C)=O. The summed E-state index contributed by atoms with van der Waals surface area (Å²) >= 11 is 0. The number of carbonyl (C=O) groups excluding carboxylic acids is 4. The van der Waals surface area contributed by atoms with Crippen molar-refractivity contribution in [3.63, 3.8) is 0 Å². The van der Waals surface area contributed by atoms with Gasteiger partial charge in [0.1, 0.15) is 18.8 Å². The number of ether oxygens (including phenoxy) is 3. The molecule has 0 aliphatic carbocycles. The minimum atomic E-state index is -1.03. The molecule has 1 saturated heterocycles. The van der Waals surface area contributed by atoms with Gasteiger partial charge < -0.3 is 14.2 Å². The van der Waals surface area contributed by atoms with Crippen LogP contribution in [0.2, 0.25) is 0 Å². The molecule has 3 atom stereocenters. The first-order chi connectivity index (χ1) is 10.9. The molecule has 0 aromatic heterocycles. The second-order valence-corrected chi connectivity index (χ2v) is 4.99. The van der Waals surface area contributed by atoms with E-state index in [2.05, 4.69) is 0 Å². The molecule has 0 saturated carbocycles. The summed E-state index contributed by atoms with van der Waals surface area (Å²) in [5, 5.41) is 0.657. The third-order valence-electron chi connectivity index (χ3n) is 3.10. The minimum absolute atomic E-state index is 0.0855. The van der Waals surface area contributed by atoms with Gasteiger partial charge in [-0.1, -0.05) is 0 Å². The maximum absolute atomic E-state index is 11.5. The number of carbonyl (C=O) groups is 4. The van der Waals surface area contributed by atoms with Gasteiger partial charge in [0.05, 0.1) is 0 Å². The Hall–Kier alpha value is -2.26. The molecule has 2 aliphatic heterocycles. The Kier molecular flexibility index (Phi) is 5.45. The lowest BCUT2D eigenvalue weighted by molar-refractivity contribution is -0.266. The van der Waals surface area contributed by atoms with Gasteiger partial charge in [0.15, 0.2) is 0 Å². The Labute approximate surface area is 132 Å². The Morgan fingerprint density at radius 3 is 2.39 bits per heavy atom. The molecular formula is C14H17NO8. The minimum Gasteiger partial charge on any atom is -0.463 e. The fraction of sp³-hybridized carbons (Fsp3) is 0.571. The van der Waals surface area contributed by atoms with Crippen LogP contribution in [0.4, 0.5) is 0 Å². The molecule has 1 unspecified atom stereocenters. The van der Waals surface area contributed by atoms with Crippen LogP contribution in [0, 0.1) is 0 Å². The largest absolute Gasteiger partial charge is 0.463 e. The van der Waals surface area contributed by atoms with Crippen molar-refractivity contribution >= 4 is 23.8 Å². The smallest absolute Gasteiger partial charge is 0.303 e. The van der Waals surface area contributed by atoms with Gasteiger partial charge in [-0.25, -0.2) is 4.84 Å². The molecule has 2 aliphatic rings. The van der Waals surface area contributed by atoms with E-state index in [9.17, 15) is 19.2 Å². The Morgan fingerprint density at radius 2 is 1.83 bits per heavy atom. The number of imide groups is 1. The third kappa shape index (κ3) is 4.60. The first-order valence-corrected chi connectivity index (χ1v) is 7.03. The standard InChI is InChI=1S/C14H17NO8/c1-8(16)20-7-11-10(21-9(2)17)3-6-14(22-11)23-15-12(18)4-5-13(15)19/h3,6,10-11,14H,4-5,7H2,1-2H3/t10-,11+,14?/m0/s1. The van der Waals surface area contributed by atoms with Crippen LogP contribution in [0.3, 0.4) is 0 Å². The molecule has 2 rings (SSSR count). The average Bonchev–Trinajstić information content (AvgIpc) is 2.78. The molecule has 9 nitrogen and oxygen atoms in total. The number of hydrogen-bond acceptors (Lipinski definition) is 8. The third-order valence-corrected chi connectivity index (χ3v) is 3.10. The van der Waals surface area contributed by atoms with Crippen molar-refractivity contribution in [2.45, 2.75) is 45.2 Å². The van der Waals surface area contributed by atoms with E-state index in [-0.39, 0.29) is 19.4 Å². The second kappa shape index (κ2) is 7.34. The lowest BCUT2D eigenvalue weighted by atomic mass is 10.1. The Balaban J connectivity index is 2.02. The van der Waals surface area contributed by atoms with Crippen molar-refractivity contribution in [1.29, 1.82) is 0 Å². The zero-order valence-corrected chi connectivity index (χ0v) is 12.7. The van der Waals surface area contributed by atoms with Gasteiger partial charge in [-0.05, 0) is 12.2 Å². The second-order valence-electron chi connectivity index (χ2n) is 4.99. The molecule has 0 aromatic rings. The van der Waals surface area contributed by atoms with Crippen LogP contribution in [0.1, 0.15) is 26.7 Å². The van der Waals surface area contributed by atoms with E-state index in [1.165, 1.54) is 26.0 Å². The molecule has 0 spiro atoms. The summed E-state index contributed by atoms with van der Waals surface area (Å²) in [6.07, 6.45) is 0.464. The van der Waals surface area contributed by atoms with Crippen LogP contribution in [-0.4, -0.2) is 53.9 Å². The first kappa shape index (κ1) is 17.1. The number of hydrogen-bond donors (Lipinski definition) is 0. The number of rotatable bonds is 5. The molecule has 0 bridgehead atoms. The lowest BCUT2D eigenvalue weighted by Crippen LogP contribution is -2.44. The molecule has 126 valence electrons. The molecule has 0 N–H and O–H groups in total. The number of hydroxylamine groups is 2. The zero-order chi connectivity index (χ0) is 17.0. The van der Waals surface area contributed by atoms with Gasteiger partial charge in [-0.3, -0.25) is 19.2 Å². The van der Waals surface area contributed by atoms with Crippen molar-refractivity contribution in [2.75, 3.05) is 6.61 Å². The normalized spacial score (nSPS) is 27.2. The van der Waals surface area contributed by atoms with E-state index < -0.39 is 42.3 Å². The summed E-state index contributed by atoms with van der Waals surface area (Å²) < 4.78 is 15.4. The quantitative estimate of drug-likeness (QED) is 0.389. The highest BCUT2D eigenvalue weighted by atomic mass is 16.8. The molecule has 23 heavy (non-hydrogen) atoms. The molecule has 1 fully saturated rings. The van der Waals surface area contributed by atoms with Gasteiger partial charge in [0.25, 0.3) is 11.8 Å². The summed E-state index contributed by atoms with van der Waals surface area (Å²) in [5.41, 5.74) is 0. The summed E-state index contributed by atoms with van der Waals surface area (Å²) in [4.78, 5) is 50.3. The van der Waals surface area contributed by atoms with Gasteiger partial charge >= 0.3 is 11.9 Å². The first-order valence-electron chi connectivity index (χ1n) is 7.03. The lowest BCUT2D eigenvalue weighted by Gasteiger charge is -2.32. The highest BCUT2D eigenvalue weighted by molar-refractivity contribution is 6.00. The average molecular weight is 327 g/mol. The van der Waals surface area contributed by atoms with Crippen LogP contribution in [0.5, 0.6) is 0 Å². The Morgan fingerprint density at radius 1 is 1.17 bits per heavy atom. The van der Waals surface area contributed by atoms with E-state index >= 15 is 0 Å². The fourth-order valence-corrected chi connectivity index (χ4v) is 2.10. The van der Waals surface area contributed by atoms with Crippen LogP contribution in [-0.2, 0) is 38.2 Å². The van der Waals surface area contributed by atoms with E-state index in [0.29, 0.717) is 5.06 Å². The summed E-state index contributed by atoms with van der Waals surface area (Å²) in [6, 6.07) is 0. The van der Waals surface area contributed by atoms with Crippen LogP contribution in [0.25, 0.3) is 0 Å². The van der Waals surface area contributed by atoms with Gasteiger partial charge in [-0.15, -0.1) is 0 Å². The molecule has 0 aromatic carbocycles. The van der Waals surface area contributed by atoms with Crippen molar-refractivity contribution < 1.29 is 38.2 Å². The van der Waals surface area contributed by atoms with Crippen molar-refractivity contribution in [2.24, 2.45) is 0 Å². The molecule has 2 heterocycles. The molecule has 2 amide bonds. The maximum Gasteiger partial charge on any atom is 0.303 e.